The molecule has 166 valence electrons. The van der Waals surface area contributed by atoms with Gasteiger partial charge in [0.25, 0.3) is 5.69 Å². The molecule has 12 nitrogen and oxygen atoms in total. The molecule has 0 saturated heterocycles. The molecule has 1 heterocycles. The van der Waals surface area contributed by atoms with Crippen LogP contribution in [0, 0.1) is 21.4 Å². The highest BCUT2D eigenvalue weighted by Gasteiger charge is 2.38. The molecule has 0 saturated carbocycles. The number of hydrogen-bond acceptors (Lipinski definition) is 8. The molecule has 1 N–H and O–H groups in total. The number of aliphatic imine (C=N–C) groups is 1. The van der Waals surface area contributed by atoms with Gasteiger partial charge in [-0.25, -0.2) is 4.79 Å². The van der Waals surface area contributed by atoms with Gasteiger partial charge in [-0.15, -0.1) is 0 Å². The van der Waals surface area contributed by atoms with E-state index in [1.807, 2.05) is 6.07 Å². The minimum absolute atomic E-state index is 0.00570. The van der Waals surface area contributed by atoms with Crippen molar-refractivity contribution in [1.82, 2.24) is 5.32 Å². The number of nitriles is 1. The molecule has 1 amide bonds. The van der Waals surface area contributed by atoms with Crippen LogP contribution in [0.25, 0.3) is 10.4 Å². The highest BCUT2D eigenvalue weighted by molar-refractivity contribution is 5.99. The summed E-state index contributed by atoms with van der Waals surface area (Å²) in [6.07, 6.45) is 1.22. The van der Waals surface area contributed by atoms with Gasteiger partial charge in [-0.1, -0.05) is 17.2 Å². The summed E-state index contributed by atoms with van der Waals surface area (Å²) >= 11 is 0. The fraction of sp³-hybridized carbons (Fsp3) is 0.400. The zero-order valence-electron chi connectivity index (χ0n) is 17.3. The number of amides is 1. The van der Waals surface area contributed by atoms with Crippen molar-refractivity contribution in [3.8, 4) is 6.07 Å². The van der Waals surface area contributed by atoms with Crippen LogP contribution in [-0.4, -0.2) is 42.2 Å². The van der Waals surface area contributed by atoms with Crippen LogP contribution in [0.1, 0.15) is 37.7 Å². The van der Waals surface area contributed by atoms with Gasteiger partial charge in [-0.2, -0.15) is 5.26 Å². The normalized spacial score (nSPS) is 17.4. The molecule has 1 aromatic carbocycles. The maximum Gasteiger partial charge on any atom is 0.336 e. The van der Waals surface area contributed by atoms with Gasteiger partial charge in [0.15, 0.2) is 0 Å². The Morgan fingerprint density at radius 1 is 1.47 bits per heavy atom. The second kappa shape index (κ2) is 11.8. The maximum atomic E-state index is 13.0. The molecule has 12 heteroatoms. The van der Waals surface area contributed by atoms with Gasteiger partial charge in [0, 0.05) is 35.2 Å². The van der Waals surface area contributed by atoms with Crippen LogP contribution in [0.2, 0.25) is 0 Å². The first-order valence-corrected chi connectivity index (χ1v) is 9.71. The van der Waals surface area contributed by atoms with Crippen LogP contribution in [0.4, 0.5) is 5.69 Å². The molecule has 32 heavy (non-hydrogen) atoms. The lowest BCUT2D eigenvalue weighted by Gasteiger charge is -2.33. The van der Waals surface area contributed by atoms with Gasteiger partial charge in [-0.3, -0.25) is 19.9 Å². The third kappa shape index (κ3) is 5.90. The number of nitrogens with one attached hydrogen (secondary N) is 1. The Morgan fingerprint density at radius 3 is 2.78 bits per heavy atom. The quantitative estimate of drug-likeness (QED) is 0.0807. The molecule has 0 radical (unpaired) electrons. The number of nitro groups is 1. The summed E-state index contributed by atoms with van der Waals surface area (Å²) in [6.45, 7) is 1.78. The number of hydrogen-bond donors (Lipinski definition) is 1. The highest BCUT2D eigenvalue weighted by Crippen LogP contribution is 2.37. The average Bonchev–Trinajstić information content (AvgIpc) is 2.78. The fourth-order valence-electron chi connectivity index (χ4n) is 3.45. The second-order valence-corrected chi connectivity index (χ2v) is 6.80. The zero-order valence-corrected chi connectivity index (χ0v) is 17.3. The number of non-ortho nitro benzene ring substituents is 1. The Balaban J connectivity index is 2.57. The molecular weight excluding hydrogens is 418 g/mol. The molecule has 1 aromatic rings. The van der Waals surface area contributed by atoms with Crippen LogP contribution < -0.4 is 5.32 Å². The predicted octanol–water partition coefficient (Wildman–Crippen LogP) is 3.07. The number of esters is 1. The van der Waals surface area contributed by atoms with Crippen molar-refractivity contribution in [2.45, 2.75) is 38.1 Å². The number of benzene rings is 1. The second-order valence-electron chi connectivity index (χ2n) is 6.80. The summed E-state index contributed by atoms with van der Waals surface area (Å²) in [5.41, 5.74) is 10.0. The summed E-state index contributed by atoms with van der Waals surface area (Å²) in [5, 5.41) is 25.9. The molecule has 2 rings (SSSR count). The average molecular weight is 439 g/mol. The van der Waals surface area contributed by atoms with Crippen molar-refractivity contribution in [3.63, 3.8) is 0 Å². The summed E-state index contributed by atoms with van der Waals surface area (Å²) in [7, 11) is 0. The van der Waals surface area contributed by atoms with Crippen LogP contribution in [-0.2, 0) is 14.3 Å². The van der Waals surface area contributed by atoms with Crippen molar-refractivity contribution in [1.29, 1.82) is 5.26 Å². The number of rotatable bonds is 11. The zero-order chi connectivity index (χ0) is 23.5. The van der Waals surface area contributed by atoms with Gasteiger partial charge in [0.05, 0.1) is 34.7 Å². The molecule has 1 aliphatic rings. The Morgan fingerprint density at radius 2 is 2.19 bits per heavy atom. The number of carbonyl (C=O) groups excluding carboxylic acids is 2. The Labute approximate surface area is 183 Å². The van der Waals surface area contributed by atoms with Crippen LogP contribution in [0.5, 0.6) is 0 Å². The van der Waals surface area contributed by atoms with Gasteiger partial charge in [0.2, 0.25) is 6.41 Å². The van der Waals surface area contributed by atoms with Gasteiger partial charge < -0.3 is 10.1 Å². The first-order valence-electron chi connectivity index (χ1n) is 9.71. The Bertz CT molecular complexity index is 1020. The van der Waals surface area contributed by atoms with E-state index in [1.165, 1.54) is 24.3 Å². The number of ether oxygens (including phenoxy) is 1. The number of carbonyl (C=O) groups is 2. The molecular formula is C20H21N7O5. The van der Waals surface area contributed by atoms with E-state index in [4.69, 9.17) is 15.5 Å². The lowest BCUT2D eigenvalue weighted by atomic mass is 9.79. The van der Waals surface area contributed by atoms with Crippen LogP contribution >= 0.6 is 0 Å². The van der Waals surface area contributed by atoms with Gasteiger partial charge in [0.1, 0.15) is 6.61 Å². The van der Waals surface area contributed by atoms with E-state index in [-0.39, 0.29) is 30.8 Å². The Kier molecular flexibility index (Phi) is 8.89. The smallest absolute Gasteiger partial charge is 0.336 e. The maximum absolute atomic E-state index is 13.0. The van der Waals surface area contributed by atoms with E-state index in [9.17, 15) is 19.7 Å². The molecule has 1 aliphatic heterocycles. The molecule has 0 bridgehead atoms. The first kappa shape index (κ1) is 24.0. The molecule has 0 aromatic heterocycles. The van der Waals surface area contributed by atoms with E-state index < -0.39 is 22.9 Å². The van der Waals surface area contributed by atoms with Crippen molar-refractivity contribution in [3.05, 3.63) is 61.7 Å². The van der Waals surface area contributed by atoms with E-state index >= 15 is 0 Å². The highest BCUT2D eigenvalue weighted by atomic mass is 16.6. The number of nitrogens with zero attached hydrogens (tertiary/aromatic N) is 6. The number of azide groups is 1. The Hall–Kier alpha value is -4.23. The van der Waals surface area contributed by atoms with E-state index in [0.29, 0.717) is 36.2 Å². The SMILES string of the molecule is CC1=NC(CCCN=[N+]=[N-])=C(C(=O)OCCC#N)C(c2ccc([N+](=O)[O-])cc2)C1NC=O. The molecule has 0 spiro atoms. The fourth-order valence-corrected chi connectivity index (χ4v) is 3.45. The monoisotopic (exact) mass is 439 g/mol. The summed E-state index contributed by atoms with van der Waals surface area (Å²) in [5.74, 6) is -1.42. The lowest BCUT2D eigenvalue weighted by Crippen LogP contribution is -2.44. The van der Waals surface area contributed by atoms with Crippen molar-refractivity contribution >= 4 is 23.8 Å². The van der Waals surface area contributed by atoms with Crippen LogP contribution in [0.15, 0.2) is 45.6 Å². The molecule has 2 atom stereocenters. The minimum atomic E-state index is -0.720. The molecule has 2 unspecified atom stereocenters. The van der Waals surface area contributed by atoms with Crippen LogP contribution in [0.3, 0.4) is 0 Å². The largest absolute Gasteiger partial charge is 0.461 e. The third-order valence-electron chi connectivity index (χ3n) is 4.83. The van der Waals surface area contributed by atoms with E-state index in [1.54, 1.807) is 6.92 Å². The van der Waals surface area contributed by atoms with Crippen molar-refractivity contribution in [2.75, 3.05) is 13.2 Å². The summed E-state index contributed by atoms with van der Waals surface area (Å²) < 4.78 is 5.26. The third-order valence-corrected chi connectivity index (χ3v) is 4.83. The van der Waals surface area contributed by atoms with E-state index in [0.717, 1.165) is 0 Å². The first-order chi connectivity index (χ1) is 15.4. The topological polar surface area (TPSA) is 183 Å². The van der Waals surface area contributed by atoms with Gasteiger partial charge >= 0.3 is 5.97 Å². The van der Waals surface area contributed by atoms with Crippen molar-refractivity contribution < 1.29 is 19.2 Å². The molecule has 0 aliphatic carbocycles. The molecule has 0 fully saturated rings. The lowest BCUT2D eigenvalue weighted by molar-refractivity contribution is -0.384. The standard InChI is InChI=1S/C20H21N7O5/c1-13-19(23-12-28)17(14-5-7-15(8-6-14)27(30)31)18(20(29)32-11-3-9-21)16(25-13)4-2-10-24-26-22/h5-8,12,17,19H,2-4,10-11H2,1H3,(H,23,28). The minimum Gasteiger partial charge on any atom is -0.461 e. The van der Waals surface area contributed by atoms with Gasteiger partial charge in [-0.05, 0) is 30.9 Å². The van der Waals surface area contributed by atoms with Crippen molar-refractivity contribution in [2.24, 2.45) is 10.1 Å². The predicted molar refractivity (Wildman–Crippen MR) is 113 cm³/mol. The number of allylic oxidation sites excluding steroid dienone is 1. The van der Waals surface area contributed by atoms with E-state index in [2.05, 4.69) is 20.3 Å². The summed E-state index contributed by atoms with van der Waals surface area (Å²) in [6, 6.07) is 6.86. The number of nitro benzene ring substituents is 1. The summed E-state index contributed by atoms with van der Waals surface area (Å²) in [4.78, 5) is 42.0.